The Labute approximate surface area is 165 Å². The topological polar surface area (TPSA) is 43.4 Å². The van der Waals surface area contributed by atoms with Crippen molar-refractivity contribution in [1.82, 2.24) is 0 Å². The van der Waals surface area contributed by atoms with E-state index >= 15 is 0 Å². The molecule has 0 unspecified atom stereocenters. The predicted molar refractivity (Wildman–Crippen MR) is 56.7 cm³/mol. The van der Waals surface area contributed by atoms with Crippen LogP contribution in [0.4, 0.5) is 87.8 Å². The SMILES string of the molecule is O=S(=O)(OC(F)(F)F)C(F)(F)C(F)(F)C(F)(F)C(F)(F)C(F)(F)C(F)(F)C(F)(F)C(F)(F)F. The van der Waals surface area contributed by atoms with Crippen molar-refractivity contribution in [2.45, 2.75) is 53.3 Å². The molecule has 0 atom stereocenters. The maximum atomic E-state index is 13.2. The summed E-state index contributed by atoms with van der Waals surface area (Å²) in [6.45, 7) is 0. The minimum Gasteiger partial charge on any atom is -0.192 e. The van der Waals surface area contributed by atoms with Gasteiger partial charge in [-0.05, 0) is 0 Å². The second kappa shape index (κ2) is 7.50. The van der Waals surface area contributed by atoms with Gasteiger partial charge in [0.25, 0.3) is 0 Å². The fourth-order valence-corrected chi connectivity index (χ4v) is 2.28. The van der Waals surface area contributed by atoms with E-state index in [4.69, 9.17) is 0 Å². The van der Waals surface area contributed by atoms with Crippen LogP contribution in [0.15, 0.2) is 0 Å². The van der Waals surface area contributed by atoms with Crippen LogP contribution in [0.25, 0.3) is 0 Å². The third kappa shape index (κ3) is 4.24. The van der Waals surface area contributed by atoms with Crippen LogP contribution in [0.1, 0.15) is 0 Å². The zero-order valence-electron chi connectivity index (χ0n) is 13.7. The summed E-state index contributed by atoms with van der Waals surface area (Å²) in [4.78, 5) is 0. The molecule has 0 spiro atoms. The van der Waals surface area contributed by atoms with Crippen molar-refractivity contribution < 1.29 is 100 Å². The Morgan fingerprint density at radius 1 is 0.394 bits per heavy atom. The van der Waals surface area contributed by atoms with Crippen LogP contribution in [0, 0.1) is 0 Å². The van der Waals surface area contributed by atoms with Crippen LogP contribution in [0.2, 0.25) is 0 Å². The van der Waals surface area contributed by atoms with Gasteiger partial charge >= 0.3 is 63.4 Å². The molecular weight excluding hydrogens is 568 g/mol. The van der Waals surface area contributed by atoms with Gasteiger partial charge in [0.1, 0.15) is 0 Å². The van der Waals surface area contributed by atoms with E-state index in [0.29, 0.717) is 0 Å². The molecule has 0 bridgehead atoms. The lowest BCUT2D eigenvalue weighted by molar-refractivity contribution is -0.458. The quantitative estimate of drug-likeness (QED) is 0.274. The number of alkyl halides is 20. The molecule has 0 N–H and O–H groups in total. The lowest BCUT2D eigenvalue weighted by atomic mass is 9.91. The molecule has 33 heavy (non-hydrogen) atoms. The summed E-state index contributed by atoms with van der Waals surface area (Å²) in [5.41, 5.74) is 0. The highest BCUT2D eigenvalue weighted by molar-refractivity contribution is 7.87. The zero-order chi connectivity index (χ0) is 27.7. The lowest BCUT2D eigenvalue weighted by Gasteiger charge is -2.42. The van der Waals surface area contributed by atoms with Crippen molar-refractivity contribution in [3.63, 3.8) is 0 Å². The van der Waals surface area contributed by atoms with Gasteiger partial charge in [-0.25, -0.2) is 0 Å². The largest absolute Gasteiger partial charge is 0.537 e. The van der Waals surface area contributed by atoms with Gasteiger partial charge in [0, 0.05) is 0 Å². The molecule has 0 heterocycles. The molecule has 0 aromatic carbocycles. The first-order valence-electron chi connectivity index (χ1n) is 6.44. The molecule has 0 saturated heterocycles. The highest BCUT2D eigenvalue weighted by Gasteiger charge is 2.96. The Bertz CT molecular complexity index is 832. The summed E-state index contributed by atoms with van der Waals surface area (Å²) in [7, 11) is -8.63. The molecule has 0 fully saturated rings. The minimum atomic E-state index is -9.14. The normalized spacial score (nSPS) is 16.8. The van der Waals surface area contributed by atoms with Crippen molar-refractivity contribution >= 4 is 10.1 Å². The van der Waals surface area contributed by atoms with Crippen molar-refractivity contribution in [3.8, 4) is 0 Å². The van der Waals surface area contributed by atoms with Crippen molar-refractivity contribution in [2.75, 3.05) is 0 Å². The van der Waals surface area contributed by atoms with Gasteiger partial charge < -0.3 is 0 Å². The molecule has 3 nitrogen and oxygen atoms in total. The van der Waals surface area contributed by atoms with Crippen LogP contribution in [0.5, 0.6) is 0 Å². The first-order valence-corrected chi connectivity index (χ1v) is 7.85. The van der Waals surface area contributed by atoms with Crippen molar-refractivity contribution in [2.24, 2.45) is 0 Å². The molecule has 0 aromatic heterocycles. The summed E-state index contributed by atoms with van der Waals surface area (Å²) in [5, 5.41) is -8.37. The Morgan fingerprint density at radius 3 is 0.879 bits per heavy atom. The molecule has 200 valence electrons. The second-order valence-corrected chi connectivity index (χ2v) is 7.03. The molecule has 0 saturated carbocycles. The Morgan fingerprint density at radius 2 is 0.636 bits per heavy atom. The van der Waals surface area contributed by atoms with Gasteiger partial charge in [0.15, 0.2) is 0 Å². The first kappa shape index (κ1) is 31.5. The molecule has 0 aliphatic rings. The average molecular weight is 568 g/mol. The van der Waals surface area contributed by atoms with Crippen LogP contribution in [-0.2, 0) is 14.3 Å². The van der Waals surface area contributed by atoms with Crippen LogP contribution < -0.4 is 0 Å². The van der Waals surface area contributed by atoms with E-state index in [1.807, 2.05) is 0 Å². The maximum absolute atomic E-state index is 13.2. The minimum absolute atomic E-state index is 1.30. The van der Waals surface area contributed by atoms with Gasteiger partial charge in [-0.3, -0.25) is 0 Å². The van der Waals surface area contributed by atoms with Crippen molar-refractivity contribution in [3.05, 3.63) is 0 Å². The van der Waals surface area contributed by atoms with Gasteiger partial charge in [-0.2, -0.15) is 87.2 Å². The summed E-state index contributed by atoms with van der Waals surface area (Å²) in [5.74, 6) is -53.4. The molecule has 0 radical (unpaired) electrons. The summed E-state index contributed by atoms with van der Waals surface area (Å²) >= 11 is 0. The van der Waals surface area contributed by atoms with E-state index in [1.165, 1.54) is 4.18 Å². The lowest BCUT2D eigenvalue weighted by Crippen LogP contribution is -2.75. The van der Waals surface area contributed by atoms with E-state index in [9.17, 15) is 96.2 Å². The first-order chi connectivity index (χ1) is 13.7. The number of hydrogen-bond donors (Lipinski definition) is 0. The van der Waals surface area contributed by atoms with Crippen LogP contribution >= 0.6 is 0 Å². The van der Waals surface area contributed by atoms with E-state index in [0.717, 1.165) is 0 Å². The average Bonchev–Trinajstić information content (AvgIpc) is 2.49. The predicted octanol–water partition coefficient (Wildman–Crippen LogP) is 5.82. The monoisotopic (exact) mass is 568 g/mol. The van der Waals surface area contributed by atoms with E-state index in [-0.39, 0.29) is 0 Å². The highest BCUT2D eigenvalue weighted by atomic mass is 32.2. The number of halogens is 20. The van der Waals surface area contributed by atoms with Crippen molar-refractivity contribution in [1.29, 1.82) is 0 Å². The van der Waals surface area contributed by atoms with Crippen LogP contribution in [0.3, 0.4) is 0 Å². The zero-order valence-corrected chi connectivity index (χ0v) is 14.5. The second-order valence-electron chi connectivity index (χ2n) is 5.44. The Balaban J connectivity index is 6.96. The Hall–Kier alpha value is -1.49. The fraction of sp³-hybridized carbons (Fsp3) is 1.00. The standard InChI is InChI=1S/C9F20O3S/c10-1(11,3(14,15)5(18,19)7(22,23)24)2(12,13)4(16,17)6(20,21)8(25,26)33(30,31)32-9(27,28)29. The van der Waals surface area contributed by atoms with Gasteiger partial charge in [0.2, 0.25) is 0 Å². The van der Waals surface area contributed by atoms with Gasteiger partial charge in [-0.15, -0.1) is 13.2 Å². The summed E-state index contributed by atoms with van der Waals surface area (Å²) in [6, 6.07) is 0. The van der Waals surface area contributed by atoms with E-state index in [2.05, 4.69) is 0 Å². The third-order valence-corrected chi connectivity index (χ3v) is 4.50. The highest BCUT2D eigenvalue weighted by Crippen LogP contribution is 2.64. The third-order valence-electron chi connectivity index (χ3n) is 3.21. The smallest absolute Gasteiger partial charge is 0.192 e. The van der Waals surface area contributed by atoms with Crippen LogP contribution in [-0.4, -0.2) is 61.7 Å². The summed E-state index contributed by atoms with van der Waals surface area (Å²) in [6.07, 6.45) is -15.0. The number of hydrogen-bond acceptors (Lipinski definition) is 3. The molecule has 0 aromatic rings. The molecule has 0 amide bonds. The van der Waals surface area contributed by atoms with E-state index < -0.39 is 63.4 Å². The molecule has 24 heteroatoms. The van der Waals surface area contributed by atoms with E-state index in [1.54, 1.807) is 0 Å². The maximum Gasteiger partial charge on any atom is 0.537 e. The Kier molecular flexibility index (Phi) is 7.16. The molecular formula is C9F20O3S. The summed E-state index contributed by atoms with van der Waals surface area (Å²) < 4.78 is 275. The molecule has 0 aliphatic heterocycles. The van der Waals surface area contributed by atoms with Gasteiger partial charge in [-0.1, -0.05) is 0 Å². The number of rotatable bonds is 8. The molecule has 0 rings (SSSR count). The molecule has 0 aliphatic carbocycles. The van der Waals surface area contributed by atoms with Gasteiger partial charge in [0.05, 0.1) is 0 Å². The fourth-order valence-electron chi connectivity index (χ4n) is 1.48.